The lowest BCUT2D eigenvalue weighted by atomic mass is 10.1. The molecule has 0 aliphatic rings. The molecule has 114 valence electrons. The maximum absolute atomic E-state index is 12.2. The molecule has 0 spiro atoms. The number of benzene rings is 1. The minimum Gasteiger partial charge on any atom is -0.389 e. The van der Waals surface area contributed by atoms with E-state index in [-0.39, 0.29) is 10.6 Å². The van der Waals surface area contributed by atoms with E-state index in [9.17, 15) is 13.5 Å². The molecule has 1 aromatic rings. The fourth-order valence-corrected chi connectivity index (χ4v) is 3.32. The van der Waals surface area contributed by atoms with Crippen LogP contribution in [0.4, 0.5) is 0 Å². The summed E-state index contributed by atoms with van der Waals surface area (Å²) in [7, 11) is -3.32. The van der Waals surface area contributed by atoms with Gasteiger partial charge in [0.05, 0.1) is 16.2 Å². The lowest BCUT2D eigenvalue weighted by Gasteiger charge is -2.27. The van der Waals surface area contributed by atoms with Gasteiger partial charge in [0.2, 0.25) is 0 Å². The maximum Gasteiger partial charge on any atom is 0.179 e. The van der Waals surface area contributed by atoms with Gasteiger partial charge in [0, 0.05) is 18.1 Å². The van der Waals surface area contributed by atoms with E-state index in [1.165, 1.54) is 12.1 Å². The fraction of sp³-hybridized carbons (Fsp3) is 0.571. The molecule has 6 heteroatoms. The highest BCUT2D eigenvalue weighted by Gasteiger charge is 2.20. The van der Waals surface area contributed by atoms with Crippen LogP contribution in [0.3, 0.4) is 0 Å². The highest BCUT2D eigenvalue weighted by atomic mass is 35.5. The molecule has 0 fully saturated rings. The standard InChI is InChI=1S/C14H22ClNO3S/c1-4-16(11-14(2,3)17)9-10-20(18,19)13-7-5-12(15)6-8-13/h5-8,17H,4,9-11H2,1-3H3. The highest BCUT2D eigenvalue weighted by molar-refractivity contribution is 7.91. The Bertz CT molecular complexity index is 520. The van der Waals surface area contributed by atoms with E-state index in [2.05, 4.69) is 0 Å². The Kier molecular flexibility index (Phi) is 6.01. The zero-order chi connectivity index (χ0) is 15.4. The first-order chi connectivity index (χ1) is 9.14. The molecular formula is C14H22ClNO3S. The second-order valence-corrected chi connectivity index (χ2v) is 8.00. The lowest BCUT2D eigenvalue weighted by molar-refractivity contribution is 0.0398. The number of sulfone groups is 1. The van der Waals surface area contributed by atoms with Gasteiger partial charge in [0.15, 0.2) is 9.84 Å². The van der Waals surface area contributed by atoms with Crippen LogP contribution in [0.15, 0.2) is 29.2 Å². The Hall–Kier alpha value is -0.620. The van der Waals surface area contributed by atoms with Gasteiger partial charge in [-0.2, -0.15) is 0 Å². The SMILES string of the molecule is CCN(CCS(=O)(=O)c1ccc(Cl)cc1)CC(C)(C)O. The third kappa shape index (κ3) is 5.79. The Morgan fingerprint density at radius 2 is 1.80 bits per heavy atom. The number of hydrogen-bond acceptors (Lipinski definition) is 4. The van der Waals surface area contributed by atoms with Crippen molar-refractivity contribution >= 4 is 21.4 Å². The maximum atomic E-state index is 12.2. The predicted octanol–water partition coefficient (Wildman–Crippen LogP) is 2.21. The van der Waals surface area contributed by atoms with Crippen LogP contribution in [-0.4, -0.2) is 49.4 Å². The molecule has 0 heterocycles. The van der Waals surface area contributed by atoms with Crippen LogP contribution in [0.25, 0.3) is 0 Å². The summed E-state index contributed by atoms with van der Waals surface area (Å²) in [6.07, 6.45) is 0. The van der Waals surface area contributed by atoms with Crippen molar-refractivity contribution in [2.45, 2.75) is 31.3 Å². The number of likely N-dealkylation sites (N-methyl/N-ethyl adjacent to an activating group) is 1. The number of aliphatic hydroxyl groups is 1. The molecule has 0 unspecified atom stereocenters. The molecule has 0 atom stereocenters. The van der Waals surface area contributed by atoms with Crippen LogP contribution < -0.4 is 0 Å². The summed E-state index contributed by atoms with van der Waals surface area (Å²) in [5.41, 5.74) is -0.833. The quantitative estimate of drug-likeness (QED) is 0.837. The van der Waals surface area contributed by atoms with E-state index in [0.29, 0.717) is 24.7 Å². The van der Waals surface area contributed by atoms with Crippen LogP contribution in [0.2, 0.25) is 5.02 Å². The summed E-state index contributed by atoms with van der Waals surface area (Å²) in [6, 6.07) is 6.18. The van der Waals surface area contributed by atoms with E-state index in [1.54, 1.807) is 26.0 Å². The molecule has 4 nitrogen and oxygen atoms in total. The van der Waals surface area contributed by atoms with Crippen molar-refractivity contribution in [3.63, 3.8) is 0 Å². The number of rotatable bonds is 7. The van der Waals surface area contributed by atoms with Crippen molar-refractivity contribution in [3.05, 3.63) is 29.3 Å². The summed E-state index contributed by atoms with van der Waals surface area (Å²) in [4.78, 5) is 2.20. The molecule has 1 aromatic carbocycles. The molecule has 0 radical (unpaired) electrons. The minimum absolute atomic E-state index is 0.0263. The summed E-state index contributed by atoms with van der Waals surface area (Å²) in [5.74, 6) is 0.0263. The smallest absolute Gasteiger partial charge is 0.179 e. The van der Waals surface area contributed by atoms with Gasteiger partial charge in [0.1, 0.15) is 0 Å². The van der Waals surface area contributed by atoms with Crippen molar-refractivity contribution < 1.29 is 13.5 Å². The van der Waals surface area contributed by atoms with Gasteiger partial charge in [-0.1, -0.05) is 18.5 Å². The van der Waals surface area contributed by atoms with Crippen LogP contribution in [0.1, 0.15) is 20.8 Å². The van der Waals surface area contributed by atoms with Crippen molar-refractivity contribution in [3.8, 4) is 0 Å². The van der Waals surface area contributed by atoms with Crippen LogP contribution in [0.5, 0.6) is 0 Å². The average Bonchev–Trinajstić information content (AvgIpc) is 2.33. The van der Waals surface area contributed by atoms with E-state index in [4.69, 9.17) is 11.6 Å². The Morgan fingerprint density at radius 1 is 1.25 bits per heavy atom. The first kappa shape index (κ1) is 17.4. The molecule has 0 saturated carbocycles. The van der Waals surface area contributed by atoms with Crippen LogP contribution >= 0.6 is 11.6 Å². The summed E-state index contributed by atoms with van der Waals surface area (Å²) in [5, 5.41) is 10.3. The molecule has 1 rings (SSSR count). The van der Waals surface area contributed by atoms with E-state index >= 15 is 0 Å². The number of nitrogens with zero attached hydrogens (tertiary/aromatic N) is 1. The van der Waals surface area contributed by atoms with Crippen LogP contribution in [0, 0.1) is 0 Å². The topological polar surface area (TPSA) is 57.6 Å². The lowest BCUT2D eigenvalue weighted by Crippen LogP contribution is -2.40. The third-order valence-electron chi connectivity index (χ3n) is 2.91. The molecule has 0 aliphatic carbocycles. The molecule has 0 saturated heterocycles. The van der Waals surface area contributed by atoms with E-state index in [1.807, 2.05) is 11.8 Å². The minimum atomic E-state index is -3.32. The number of halogens is 1. The van der Waals surface area contributed by atoms with Crippen molar-refractivity contribution in [2.24, 2.45) is 0 Å². The van der Waals surface area contributed by atoms with Gasteiger partial charge >= 0.3 is 0 Å². The van der Waals surface area contributed by atoms with Crippen LogP contribution in [-0.2, 0) is 9.84 Å². The largest absolute Gasteiger partial charge is 0.389 e. The second-order valence-electron chi connectivity index (χ2n) is 5.45. The molecule has 0 amide bonds. The molecule has 0 bridgehead atoms. The first-order valence-corrected chi connectivity index (χ1v) is 8.60. The molecule has 20 heavy (non-hydrogen) atoms. The molecular weight excluding hydrogens is 298 g/mol. The van der Waals surface area contributed by atoms with Crippen molar-refractivity contribution in [1.82, 2.24) is 4.90 Å². The van der Waals surface area contributed by atoms with E-state index in [0.717, 1.165) is 0 Å². The second kappa shape index (κ2) is 6.89. The average molecular weight is 320 g/mol. The normalized spacial score (nSPS) is 12.9. The van der Waals surface area contributed by atoms with Crippen molar-refractivity contribution in [1.29, 1.82) is 0 Å². The van der Waals surface area contributed by atoms with E-state index < -0.39 is 15.4 Å². The Morgan fingerprint density at radius 3 is 2.25 bits per heavy atom. The molecule has 0 aromatic heterocycles. The van der Waals surface area contributed by atoms with Gasteiger partial charge in [-0.05, 0) is 44.7 Å². The molecule has 0 aliphatic heterocycles. The van der Waals surface area contributed by atoms with Gasteiger partial charge in [-0.25, -0.2) is 8.42 Å². The first-order valence-electron chi connectivity index (χ1n) is 6.57. The van der Waals surface area contributed by atoms with Gasteiger partial charge in [0.25, 0.3) is 0 Å². The molecule has 1 N–H and O–H groups in total. The van der Waals surface area contributed by atoms with Gasteiger partial charge < -0.3 is 5.11 Å². The Balaban J connectivity index is 2.69. The highest BCUT2D eigenvalue weighted by Crippen LogP contribution is 2.16. The van der Waals surface area contributed by atoms with Crippen molar-refractivity contribution in [2.75, 3.05) is 25.4 Å². The fourth-order valence-electron chi connectivity index (χ4n) is 1.91. The summed E-state index contributed by atoms with van der Waals surface area (Å²) < 4.78 is 24.4. The third-order valence-corrected chi connectivity index (χ3v) is 4.87. The monoisotopic (exact) mass is 319 g/mol. The predicted molar refractivity (Wildman–Crippen MR) is 81.9 cm³/mol. The zero-order valence-electron chi connectivity index (χ0n) is 12.1. The number of hydrogen-bond donors (Lipinski definition) is 1. The van der Waals surface area contributed by atoms with Gasteiger partial charge in [-0.3, -0.25) is 4.90 Å². The zero-order valence-corrected chi connectivity index (χ0v) is 13.7. The van der Waals surface area contributed by atoms with Gasteiger partial charge in [-0.15, -0.1) is 0 Å². The summed E-state index contributed by atoms with van der Waals surface area (Å²) >= 11 is 5.75. The Labute approximate surface area is 126 Å². The summed E-state index contributed by atoms with van der Waals surface area (Å²) in [6.45, 7) is 6.90.